The summed E-state index contributed by atoms with van der Waals surface area (Å²) in [7, 11) is 0. The molecule has 2 rings (SSSR count). The minimum absolute atomic E-state index is 0.0532. The second-order valence-corrected chi connectivity index (χ2v) is 3.49. The number of carbonyl (C=O) groups excluding carboxylic acids is 2. The van der Waals surface area contributed by atoms with E-state index in [1.807, 2.05) is 30.3 Å². The van der Waals surface area contributed by atoms with Gasteiger partial charge in [0.15, 0.2) is 0 Å². The minimum atomic E-state index is -0.171. The van der Waals surface area contributed by atoms with E-state index in [0.717, 1.165) is 5.56 Å². The minimum Gasteiger partial charge on any atom is -0.298 e. The fraction of sp³-hybridized carbons (Fsp3) is 0.250. The Balaban J connectivity index is 2.19. The second kappa shape index (κ2) is 3.74. The molecule has 0 atom stereocenters. The van der Waals surface area contributed by atoms with Crippen LogP contribution in [0.1, 0.15) is 24.3 Å². The van der Waals surface area contributed by atoms with Crippen LogP contribution in [-0.4, -0.2) is 11.6 Å². The molecule has 1 saturated carbocycles. The summed E-state index contributed by atoms with van der Waals surface area (Å²) in [5.74, 6) is -0.289. The molecule has 0 bridgehead atoms. The molecule has 0 N–H and O–H groups in total. The van der Waals surface area contributed by atoms with Gasteiger partial charge in [-0.1, -0.05) is 30.3 Å². The van der Waals surface area contributed by atoms with Crippen molar-refractivity contribution in [1.29, 1.82) is 0 Å². The number of ketones is 2. The van der Waals surface area contributed by atoms with E-state index in [2.05, 4.69) is 6.42 Å². The topological polar surface area (TPSA) is 34.1 Å². The van der Waals surface area contributed by atoms with Crippen LogP contribution in [0, 0.1) is 6.42 Å². The summed E-state index contributed by atoms with van der Waals surface area (Å²) in [5.41, 5.74) is 1.07. The summed E-state index contributed by atoms with van der Waals surface area (Å²) in [5, 5.41) is 0. The standard InChI is InChI=1S/C12H10O2/c13-11-6-10(7-12(14)8-11)9-4-2-1-3-5-9/h1-5,10H,6-7H2. The van der Waals surface area contributed by atoms with Crippen molar-refractivity contribution >= 4 is 11.6 Å². The number of hydrogen-bond acceptors (Lipinski definition) is 2. The summed E-state index contributed by atoms with van der Waals surface area (Å²) >= 11 is 0. The van der Waals surface area contributed by atoms with E-state index in [4.69, 9.17) is 0 Å². The van der Waals surface area contributed by atoms with E-state index in [9.17, 15) is 9.59 Å². The van der Waals surface area contributed by atoms with Gasteiger partial charge in [0.2, 0.25) is 0 Å². The van der Waals surface area contributed by atoms with Crippen LogP contribution in [0.3, 0.4) is 0 Å². The van der Waals surface area contributed by atoms with Crippen LogP contribution in [0.25, 0.3) is 0 Å². The van der Waals surface area contributed by atoms with Gasteiger partial charge in [0.05, 0.1) is 0 Å². The SMILES string of the molecule is O=C1[C]C(=O)CC(c2ccccc2)C1. The lowest BCUT2D eigenvalue weighted by molar-refractivity contribution is -0.124. The van der Waals surface area contributed by atoms with Crippen LogP contribution in [0.5, 0.6) is 0 Å². The Labute approximate surface area is 82.9 Å². The molecule has 2 nitrogen and oxygen atoms in total. The zero-order chi connectivity index (χ0) is 9.97. The van der Waals surface area contributed by atoms with E-state index < -0.39 is 0 Å². The largest absolute Gasteiger partial charge is 0.298 e. The zero-order valence-corrected chi connectivity index (χ0v) is 7.69. The Hall–Kier alpha value is -1.44. The first-order chi connectivity index (χ1) is 6.75. The van der Waals surface area contributed by atoms with Crippen molar-refractivity contribution in [3.8, 4) is 0 Å². The predicted molar refractivity (Wildman–Crippen MR) is 51.7 cm³/mol. The van der Waals surface area contributed by atoms with Gasteiger partial charge in [-0.3, -0.25) is 9.59 Å². The summed E-state index contributed by atoms with van der Waals surface area (Å²) < 4.78 is 0. The first-order valence-corrected chi connectivity index (χ1v) is 4.63. The summed E-state index contributed by atoms with van der Waals surface area (Å²) in [6.07, 6.45) is 3.13. The third kappa shape index (κ3) is 1.90. The van der Waals surface area contributed by atoms with Gasteiger partial charge in [-0.05, 0) is 11.5 Å². The highest BCUT2D eigenvalue weighted by molar-refractivity contribution is 6.12. The van der Waals surface area contributed by atoms with E-state index in [1.54, 1.807) is 0 Å². The molecule has 1 aromatic carbocycles. The van der Waals surface area contributed by atoms with E-state index in [-0.39, 0.29) is 17.5 Å². The third-order valence-electron chi connectivity index (χ3n) is 2.41. The Morgan fingerprint density at radius 1 is 1.00 bits per heavy atom. The second-order valence-electron chi connectivity index (χ2n) is 3.49. The van der Waals surface area contributed by atoms with Crippen molar-refractivity contribution < 1.29 is 9.59 Å². The first kappa shape index (κ1) is 9.13. The molecule has 0 amide bonds. The summed E-state index contributed by atoms with van der Waals surface area (Å²) in [6, 6.07) is 9.68. The molecular formula is C12H10O2. The number of rotatable bonds is 1. The molecule has 0 aromatic heterocycles. The van der Waals surface area contributed by atoms with Crippen molar-refractivity contribution in [2.75, 3.05) is 0 Å². The lowest BCUT2D eigenvalue weighted by Crippen LogP contribution is -2.21. The van der Waals surface area contributed by atoms with Crippen molar-refractivity contribution in [2.24, 2.45) is 0 Å². The highest BCUT2D eigenvalue weighted by Gasteiger charge is 2.27. The maximum Gasteiger partial charge on any atom is 0.150 e. The number of carbonyl (C=O) groups is 2. The summed E-state index contributed by atoms with van der Waals surface area (Å²) in [4.78, 5) is 22.3. The molecule has 0 unspecified atom stereocenters. The van der Waals surface area contributed by atoms with Crippen LogP contribution in [0.4, 0.5) is 0 Å². The smallest absolute Gasteiger partial charge is 0.150 e. The maximum absolute atomic E-state index is 11.1. The van der Waals surface area contributed by atoms with Crippen LogP contribution in [-0.2, 0) is 9.59 Å². The third-order valence-corrected chi connectivity index (χ3v) is 2.41. The van der Waals surface area contributed by atoms with Crippen LogP contribution in [0.15, 0.2) is 30.3 Å². The highest BCUT2D eigenvalue weighted by Crippen LogP contribution is 2.28. The van der Waals surface area contributed by atoms with Crippen LogP contribution < -0.4 is 0 Å². The number of Topliss-reactive ketones (excluding diaryl/α,β-unsaturated/α-hetero) is 2. The van der Waals surface area contributed by atoms with Crippen molar-refractivity contribution in [3.05, 3.63) is 42.3 Å². The highest BCUT2D eigenvalue weighted by atomic mass is 16.1. The fourth-order valence-electron chi connectivity index (χ4n) is 1.74. The molecule has 70 valence electrons. The van der Waals surface area contributed by atoms with Gasteiger partial charge >= 0.3 is 0 Å². The van der Waals surface area contributed by atoms with Gasteiger partial charge in [-0.15, -0.1) is 0 Å². The average Bonchev–Trinajstić information content (AvgIpc) is 2.18. The van der Waals surface area contributed by atoms with Crippen LogP contribution >= 0.6 is 0 Å². The van der Waals surface area contributed by atoms with E-state index >= 15 is 0 Å². The van der Waals surface area contributed by atoms with E-state index in [1.165, 1.54) is 0 Å². The van der Waals surface area contributed by atoms with Crippen LogP contribution in [0.2, 0.25) is 0 Å². The van der Waals surface area contributed by atoms with Gasteiger partial charge in [0.1, 0.15) is 18.0 Å². The van der Waals surface area contributed by atoms with Gasteiger partial charge in [-0.2, -0.15) is 0 Å². The molecule has 1 fully saturated rings. The monoisotopic (exact) mass is 186 g/mol. The van der Waals surface area contributed by atoms with E-state index in [0.29, 0.717) is 12.8 Å². The Bertz CT molecular complexity index is 338. The zero-order valence-electron chi connectivity index (χ0n) is 7.69. The Morgan fingerprint density at radius 3 is 2.14 bits per heavy atom. The lowest BCUT2D eigenvalue weighted by Gasteiger charge is -2.19. The molecule has 1 aliphatic carbocycles. The number of benzene rings is 1. The molecular weight excluding hydrogens is 176 g/mol. The molecule has 2 heteroatoms. The molecule has 14 heavy (non-hydrogen) atoms. The van der Waals surface area contributed by atoms with Gasteiger partial charge in [0.25, 0.3) is 0 Å². The molecule has 1 aliphatic rings. The van der Waals surface area contributed by atoms with Crippen molar-refractivity contribution in [3.63, 3.8) is 0 Å². The lowest BCUT2D eigenvalue weighted by atomic mass is 9.83. The molecule has 0 saturated heterocycles. The first-order valence-electron chi connectivity index (χ1n) is 4.63. The quantitative estimate of drug-likeness (QED) is 0.670. The number of hydrogen-bond donors (Lipinski definition) is 0. The average molecular weight is 186 g/mol. The predicted octanol–water partition coefficient (Wildman–Crippen LogP) is 1.78. The van der Waals surface area contributed by atoms with Crippen molar-refractivity contribution in [2.45, 2.75) is 18.8 Å². The maximum atomic E-state index is 11.1. The van der Waals surface area contributed by atoms with Gasteiger partial charge in [-0.25, -0.2) is 0 Å². The van der Waals surface area contributed by atoms with Crippen molar-refractivity contribution in [1.82, 2.24) is 0 Å². The molecule has 1 aromatic rings. The van der Waals surface area contributed by atoms with Gasteiger partial charge < -0.3 is 0 Å². The summed E-state index contributed by atoms with van der Waals surface area (Å²) in [6.45, 7) is 0. The molecule has 2 radical (unpaired) electrons. The molecule has 0 aliphatic heterocycles. The molecule has 0 heterocycles. The normalized spacial score (nSPS) is 18.6. The molecule has 0 spiro atoms. The Kier molecular flexibility index (Phi) is 2.44. The Morgan fingerprint density at radius 2 is 1.57 bits per heavy atom. The van der Waals surface area contributed by atoms with Gasteiger partial charge in [0, 0.05) is 12.8 Å². The fourth-order valence-corrected chi connectivity index (χ4v) is 1.74.